The number of aromatic amines is 1. The lowest BCUT2D eigenvalue weighted by molar-refractivity contribution is 0.314. The van der Waals surface area contributed by atoms with Crippen molar-refractivity contribution in [3.8, 4) is 17.0 Å². The molecule has 1 aliphatic rings. The Kier molecular flexibility index (Phi) is 3.52. The fraction of sp³-hybridized carbons (Fsp3) is 0.182. The maximum absolute atomic E-state index is 11.3. The van der Waals surface area contributed by atoms with Gasteiger partial charge in [-0.15, -0.1) is 4.91 Å². The van der Waals surface area contributed by atoms with E-state index >= 15 is 0 Å². The summed E-state index contributed by atoms with van der Waals surface area (Å²) in [6.45, 7) is 1.75. The van der Waals surface area contributed by atoms with E-state index in [2.05, 4.69) is 52.4 Å². The molecule has 0 saturated heterocycles. The summed E-state index contributed by atoms with van der Waals surface area (Å²) >= 11 is 0. The highest BCUT2D eigenvalue weighted by molar-refractivity contribution is 6.01. The lowest BCUT2D eigenvalue weighted by atomic mass is 9.88. The number of likely N-dealkylation sites (N-methyl/N-ethyl adjacent to an activating group) is 1. The monoisotopic (exact) mass is 357 g/mol. The second-order valence-electron chi connectivity index (χ2n) is 7.27. The third kappa shape index (κ3) is 2.43. The average Bonchev–Trinajstić information content (AvgIpc) is 3.02. The van der Waals surface area contributed by atoms with Gasteiger partial charge in [0.05, 0.1) is 5.52 Å². The van der Waals surface area contributed by atoms with Crippen LogP contribution in [0.2, 0.25) is 0 Å². The van der Waals surface area contributed by atoms with E-state index in [4.69, 9.17) is 0 Å². The number of aromatic nitrogens is 1. The lowest BCUT2D eigenvalue weighted by Gasteiger charge is -2.27. The van der Waals surface area contributed by atoms with Gasteiger partial charge in [-0.3, -0.25) is 0 Å². The van der Waals surface area contributed by atoms with Crippen LogP contribution in [0.15, 0.2) is 53.7 Å². The molecular formula is C22H19N3O2. The topological polar surface area (TPSA) is 68.7 Å². The Morgan fingerprint density at radius 2 is 1.89 bits per heavy atom. The van der Waals surface area contributed by atoms with Crippen LogP contribution in [-0.2, 0) is 13.0 Å². The number of nitroso groups, excluding NO2 is 1. The minimum atomic E-state index is -0.161. The summed E-state index contributed by atoms with van der Waals surface area (Å²) < 4.78 is 0. The highest BCUT2D eigenvalue weighted by Crippen LogP contribution is 2.43. The largest absolute Gasteiger partial charge is 0.493 e. The highest BCUT2D eigenvalue weighted by atomic mass is 16.3. The first-order valence-corrected chi connectivity index (χ1v) is 9.06. The molecule has 0 unspecified atom stereocenters. The molecule has 0 amide bonds. The molecule has 1 aromatic heterocycles. The number of nitrogens with zero attached hydrogens (tertiary/aromatic N) is 2. The van der Waals surface area contributed by atoms with Crippen molar-refractivity contribution in [2.45, 2.75) is 13.0 Å². The third-order valence-electron chi connectivity index (χ3n) is 5.60. The van der Waals surface area contributed by atoms with Crippen LogP contribution in [0.1, 0.15) is 11.1 Å². The van der Waals surface area contributed by atoms with Gasteiger partial charge in [0.2, 0.25) is 5.88 Å². The van der Waals surface area contributed by atoms with Crippen LogP contribution in [0.3, 0.4) is 0 Å². The number of benzene rings is 3. The number of rotatable bonds is 2. The smallest absolute Gasteiger partial charge is 0.219 e. The van der Waals surface area contributed by atoms with Gasteiger partial charge < -0.3 is 15.0 Å². The van der Waals surface area contributed by atoms with Crippen molar-refractivity contribution in [1.82, 2.24) is 9.88 Å². The maximum Gasteiger partial charge on any atom is 0.219 e. The Morgan fingerprint density at radius 1 is 1.07 bits per heavy atom. The van der Waals surface area contributed by atoms with E-state index < -0.39 is 0 Å². The third-order valence-corrected chi connectivity index (χ3v) is 5.60. The second kappa shape index (κ2) is 5.93. The van der Waals surface area contributed by atoms with Crippen molar-refractivity contribution >= 4 is 27.4 Å². The number of H-pyrrole nitrogens is 1. The van der Waals surface area contributed by atoms with Gasteiger partial charge in [0.25, 0.3) is 0 Å². The highest BCUT2D eigenvalue weighted by Gasteiger charge is 2.24. The SMILES string of the molecule is CN1CCc2c(-c3ccc4ccccc4c3)cc3c(N=O)c(O)[nH]c3c2C1. The minimum absolute atomic E-state index is 0.0862. The van der Waals surface area contributed by atoms with E-state index in [0.717, 1.165) is 41.7 Å². The van der Waals surface area contributed by atoms with Crippen LogP contribution in [0.25, 0.3) is 32.8 Å². The first kappa shape index (κ1) is 16.0. The fourth-order valence-electron chi connectivity index (χ4n) is 4.23. The van der Waals surface area contributed by atoms with Gasteiger partial charge in [0.1, 0.15) is 0 Å². The van der Waals surface area contributed by atoms with Crippen molar-refractivity contribution < 1.29 is 5.11 Å². The molecule has 0 spiro atoms. The van der Waals surface area contributed by atoms with Crippen LogP contribution < -0.4 is 0 Å². The summed E-state index contributed by atoms with van der Waals surface area (Å²) in [5.41, 5.74) is 5.54. The van der Waals surface area contributed by atoms with E-state index in [1.807, 2.05) is 18.2 Å². The Labute approximate surface area is 156 Å². The van der Waals surface area contributed by atoms with Gasteiger partial charge in [-0.05, 0) is 63.8 Å². The first-order valence-electron chi connectivity index (χ1n) is 9.06. The maximum atomic E-state index is 11.3. The van der Waals surface area contributed by atoms with Crippen molar-refractivity contribution in [3.63, 3.8) is 0 Å². The van der Waals surface area contributed by atoms with E-state index in [-0.39, 0.29) is 11.6 Å². The van der Waals surface area contributed by atoms with Gasteiger partial charge in [-0.1, -0.05) is 36.4 Å². The molecule has 0 atom stereocenters. The standard InChI is InChI=1S/C22H19N3O2/c1-25-9-8-16-17(15-7-6-13-4-2-3-5-14(13)10-15)11-18-20(19(16)12-25)23-22(26)21(18)24-27/h2-7,10-11,23,26H,8-9,12H2,1H3. The average molecular weight is 357 g/mol. The van der Waals surface area contributed by atoms with Crippen molar-refractivity contribution in [2.75, 3.05) is 13.6 Å². The molecule has 134 valence electrons. The Hall–Kier alpha value is -3.18. The Morgan fingerprint density at radius 3 is 2.70 bits per heavy atom. The van der Waals surface area contributed by atoms with Crippen molar-refractivity contribution in [2.24, 2.45) is 5.18 Å². The zero-order valence-electron chi connectivity index (χ0n) is 15.0. The van der Waals surface area contributed by atoms with Crippen molar-refractivity contribution in [1.29, 1.82) is 0 Å². The zero-order valence-corrected chi connectivity index (χ0v) is 15.0. The van der Waals surface area contributed by atoms with E-state index in [0.29, 0.717) is 5.39 Å². The quantitative estimate of drug-likeness (QED) is 0.492. The van der Waals surface area contributed by atoms with E-state index in [1.54, 1.807) is 0 Å². The van der Waals surface area contributed by atoms with Gasteiger partial charge in [-0.25, -0.2) is 0 Å². The normalized spacial score (nSPS) is 14.6. The lowest BCUT2D eigenvalue weighted by Crippen LogP contribution is -2.27. The van der Waals surface area contributed by atoms with Gasteiger partial charge in [0.15, 0.2) is 5.69 Å². The molecule has 5 rings (SSSR count). The van der Waals surface area contributed by atoms with Crippen LogP contribution in [-0.4, -0.2) is 28.6 Å². The molecule has 0 aliphatic carbocycles. The molecule has 5 heteroatoms. The molecule has 2 heterocycles. The molecule has 0 bridgehead atoms. The molecule has 1 aliphatic heterocycles. The summed E-state index contributed by atoms with van der Waals surface area (Å²) in [5, 5.41) is 16.3. The summed E-state index contributed by atoms with van der Waals surface area (Å²) in [6, 6.07) is 16.7. The molecule has 4 aromatic rings. The molecule has 0 fully saturated rings. The van der Waals surface area contributed by atoms with Crippen LogP contribution in [0.4, 0.5) is 5.69 Å². The van der Waals surface area contributed by atoms with E-state index in [1.165, 1.54) is 16.3 Å². The molecular weight excluding hydrogens is 338 g/mol. The zero-order chi connectivity index (χ0) is 18.5. The molecule has 27 heavy (non-hydrogen) atoms. The summed E-state index contributed by atoms with van der Waals surface area (Å²) in [4.78, 5) is 16.5. The summed E-state index contributed by atoms with van der Waals surface area (Å²) in [6.07, 6.45) is 0.924. The van der Waals surface area contributed by atoms with Gasteiger partial charge >= 0.3 is 0 Å². The summed E-state index contributed by atoms with van der Waals surface area (Å²) in [5.74, 6) is -0.161. The Bertz CT molecular complexity index is 1210. The van der Waals surface area contributed by atoms with E-state index in [9.17, 15) is 10.0 Å². The minimum Gasteiger partial charge on any atom is -0.493 e. The number of hydrogen-bond donors (Lipinski definition) is 2. The molecule has 2 N–H and O–H groups in total. The van der Waals surface area contributed by atoms with Gasteiger partial charge in [-0.2, -0.15) is 0 Å². The fourth-order valence-corrected chi connectivity index (χ4v) is 4.23. The van der Waals surface area contributed by atoms with Crippen LogP contribution in [0, 0.1) is 4.91 Å². The molecule has 3 aromatic carbocycles. The molecule has 0 saturated carbocycles. The predicted molar refractivity (Wildman–Crippen MR) is 108 cm³/mol. The molecule has 5 nitrogen and oxygen atoms in total. The number of nitrogens with one attached hydrogen (secondary N) is 1. The second-order valence-corrected chi connectivity index (χ2v) is 7.27. The summed E-state index contributed by atoms with van der Waals surface area (Å²) in [7, 11) is 2.08. The first-order chi connectivity index (χ1) is 13.2. The van der Waals surface area contributed by atoms with Gasteiger partial charge in [0, 0.05) is 18.5 Å². The molecule has 0 radical (unpaired) electrons. The Balaban J connectivity index is 1.83. The number of fused-ring (bicyclic) bond motifs is 4. The van der Waals surface area contributed by atoms with Crippen molar-refractivity contribution in [3.05, 3.63) is 64.6 Å². The number of aromatic hydroxyl groups is 1. The predicted octanol–water partition coefficient (Wildman–Crippen LogP) is 5.08. The number of hydrogen-bond acceptors (Lipinski definition) is 4. The van der Waals surface area contributed by atoms with Crippen LogP contribution >= 0.6 is 0 Å². The van der Waals surface area contributed by atoms with Crippen LogP contribution in [0.5, 0.6) is 5.88 Å².